The normalized spacial score (nSPS) is 11.9. The van der Waals surface area contributed by atoms with E-state index in [2.05, 4.69) is 34.3 Å². The second kappa shape index (κ2) is 5.39. The minimum Gasteiger partial charge on any atom is -0.395 e. The number of nitrogens with zero attached hydrogens (tertiary/aromatic N) is 2. The summed E-state index contributed by atoms with van der Waals surface area (Å²) in [4.78, 5) is 14.0. The van der Waals surface area contributed by atoms with Crippen molar-refractivity contribution >= 4 is 11.6 Å². The van der Waals surface area contributed by atoms with Crippen molar-refractivity contribution in [3.8, 4) is 0 Å². The van der Waals surface area contributed by atoms with Gasteiger partial charge in [-0.3, -0.25) is 9.89 Å². The van der Waals surface area contributed by atoms with E-state index in [4.69, 9.17) is 5.73 Å². The van der Waals surface area contributed by atoms with E-state index < -0.39 is 0 Å². The summed E-state index contributed by atoms with van der Waals surface area (Å²) in [6.07, 6.45) is 0. The van der Waals surface area contributed by atoms with Crippen LogP contribution in [0.25, 0.3) is 0 Å². The number of hydrogen-bond donors (Lipinski definition) is 3. The molecule has 0 aliphatic rings. The topological polar surface area (TPSA) is 87.0 Å². The summed E-state index contributed by atoms with van der Waals surface area (Å²) in [5, 5.41) is 9.48. The minimum absolute atomic E-state index is 0.000721. The molecule has 0 fully saturated rings. The first kappa shape index (κ1) is 14.5. The Morgan fingerprint density at radius 2 is 2.11 bits per heavy atom. The zero-order valence-corrected chi connectivity index (χ0v) is 11.8. The van der Waals surface area contributed by atoms with E-state index in [9.17, 15) is 4.79 Å². The van der Waals surface area contributed by atoms with Crippen LogP contribution in [0.5, 0.6) is 0 Å². The Bertz CT molecular complexity index is 422. The number of nitrogens with one attached hydrogen (secondary N) is 2. The molecule has 0 saturated heterocycles. The summed E-state index contributed by atoms with van der Waals surface area (Å²) < 4.78 is 0. The van der Waals surface area contributed by atoms with Gasteiger partial charge in [-0.05, 0) is 26.4 Å². The van der Waals surface area contributed by atoms with Crippen molar-refractivity contribution in [2.24, 2.45) is 5.41 Å². The van der Waals surface area contributed by atoms with Crippen LogP contribution in [0.3, 0.4) is 0 Å². The molecule has 0 aliphatic carbocycles. The monoisotopic (exact) mass is 253 g/mol. The highest BCUT2D eigenvalue weighted by molar-refractivity contribution is 5.97. The van der Waals surface area contributed by atoms with E-state index in [1.807, 2.05) is 14.1 Å². The Hall–Kier alpha value is -1.56. The van der Waals surface area contributed by atoms with E-state index in [-0.39, 0.29) is 17.0 Å². The number of carbonyl (C=O) groups excluding carboxylic acids is 1. The Morgan fingerprint density at radius 1 is 1.50 bits per heavy atom. The summed E-state index contributed by atoms with van der Waals surface area (Å²) in [7, 11) is 4.03. The highest BCUT2D eigenvalue weighted by Gasteiger charge is 2.22. The van der Waals surface area contributed by atoms with Gasteiger partial charge in [-0.2, -0.15) is 5.10 Å². The highest BCUT2D eigenvalue weighted by atomic mass is 16.1. The number of aromatic amines is 1. The molecule has 1 rings (SSSR count). The van der Waals surface area contributed by atoms with Gasteiger partial charge in [-0.25, -0.2) is 0 Å². The molecule has 1 heterocycles. The number of hydrogen-bond acceptors (Lipinski definition) is 4. The Kier molecular flexibility index (Phi) is 4.34. The molecule has 4 N–H and O–H groups in total. The smallest absolute Gasteiger partial charge is 0.273 e. The number of amides is 1. The van der Waals surface area contributed by atoms with Crippen LogP contribution in [-0.2, 0) is 0 Å². The third-order valence-corrected chi connectivity index (χ3v) is 2.68. The van der Waals surface area contributed by atoms with Crippen LogP contribution in [0.4, 0.5) is 5.69 Å². The maximum absolute atomic E-state index is 11.9. The van der Waals surface area contributed by atoms with E-state index >= 15 is 0 Å². The molecule has 102 valence electrons. The van der Waals surface area contributed by atoms with Gasteiger partial charge in [0, 0.05) is 13.1 Å². The van der Waals surface area contributed by atoms with Crippen LogP contribution >= 0.6 is 0 Å². The van der Waals surface area contributed by atoms with Crippen molar-refractivity contribution in [3.63, 3.8) is 0 Å². The number of nitrogen functional groups attached to an aromatic ring is 1. The zero-order valence-electron chi connectivity index (χ0n) is 11.8. The third-order valence-electron chi connectivity index (χ3n) is 2.68. The first-order valence-electron chi connectivity index (χ1n) is 5.96. The molecule has 1 aromatic rings. The van der Waals surface area contributed by atoms with Gasteiger partial charge in [0.1, 0.15) is 0 Å². The number of aromatic nitrogens is 2. The molecule has 0 spiro atoms. The molecule has 0 aliphatic heterocycles. The van der Waals surface area contributed by atoms with E-state index in [1.165, 1.54) is 0 Å². The van der Waals surface area contributed by atoms with Crippen LogP contribution in [0.15, 0.2) is 0 Å². The number of H-pyrrole nitrogens is 1. The predicted molar refractivity (Wildman–Crippen MR) is 72.4 cm³/mol. The van der Waals surface area contributed by atoms with Crippen molar-refractivity contribution < 1.29 is 4.79 Å². The molecule has 6 nitrogen and oxygen atoms in total. The molecule has 18 heavy (non-hydrogen) atoms. The van der Waals surface area contributed by atoms with Crippen molar-refractivity contribution in [3.05, 3.63) is 11.4 Å². The summed E-state index contributed by atoms with van der Waals surface area (Å²) in [6.45, 7) is 7.46. The molecule has 0 saturated carbocycles. The summed E-state index contributed by atoms with van der Waals surface area (Å²) in [5.41, 5.74) is 7.16. The lowest BCUT2D eigenvalue weighted by Gasteiger charge is -2.28. The van der Waals surface area contributed by atoms with Gasteiger partial charge in [0.05, 0.1) is 11.4 Å². The fraction of sp³-hybridized carbons (Fsp3) is 0.667. The molecule has 0 radical (unpaired) electrons. The van der Waals surface area contributed by atoms with Crippen molar-refractivity contribution in [1.82, 2.24) is 20.4 Å². The molecule has 0 atom stereocenters. The van der Waals surface area contributed by atoms with Gasteiger partial charge in [-0.1, -0.05) is 13.8 Å². The molecule has 0 unspecified atom stereocenters. The second-order valence-corrected chi connectivity index (χ2v) is 5.70. The van der Waals surface area contributed by atoms with Crippen LogP contribution in [0.2, 0.25) is 0 Å². The molecule has 6 heteroatoms. The fourth-order valence-electron chi connectivity index (χ4n) is 1.93. The summed E-state index contributed by atoms with van der Waals surface area (Å²) in [5.74, 6) is -0.233. The lowest BCUT2D eigenvalue weighted by Crippen LogP contribution is -2.40. The van der Waals surface area contributed by atoms with Crippen molar-refractivity contribution in [1.29, 1.82) is 0 Å². The average molecular weight is 253 g/mol. The maximum Gasteiger partial charge on any atom is 0.273 e. The fourth-order valence-corrected chi connectivity index (χ4v) is 1.93. The minimum atomic E-state index is -0.233. The number of rotatable bonds is 5. The average Bonchev–Trinajstić information content (AvgIpc) is 2.55. The molecular formula is C12H23N5O. The largest absolute Gasteiger partial charge is 0.395 e. The maximum atomic E-state index is 11.9. The first-order valence-corrected chi connectivity index (χ1v) is 5.96. The van der Waals surface area contributed by atoms with E-state index in [1.54, 1.807) is 6.92 Å². The van der Waals surface area contributed by atoms with Crippen LogP contribution < -0.4 is 11.1 Å². The van der Waals surface area contributed by atoms with E-state index in [0.29, 0.717) is 17.9 Å². The zero-order chi connectivity index (χ0) is 13.9. The number of carbonyl (C=O) groups is 1. The number of anilines is 1. The Morgan fingerprint density at radius 3 is 2.56 bits per heavy atom. The van der Waals surface area contributed by atoms with Crippen molar-refractivity contribution in [2.45, 2.75) is 20.8 Å². The van der Waals surface area contributed by atoms with Gasteiger partial charge < -0.3 is 16.0 Å². The highest BCUT2D eigenvalue weighted by Crippen LogP contribution is 2.16. The molecule has 1 amide bonds. The SMILES string of the molecule is Cc1[nH]nc(C(=O)NCC(C)(C)CN(C)C)c1N. The first-order chi connectivity index (χ1) is 8.23. The quantitative estimate of drug-likeness (QED) is 0.718. The van der Waals surface area contributed by atoms with Crippen LogP contribution in [0, 0.1) is 12.3 Å². The molecule has 1 aromatic heterocycles. The third kappa shape index (κ3) is 3.73. The predicted octanol–water partition coefficient (Wildman–Crippen LogP) is 0.618. The number of aryl methyl sites for hydroxylation is 1. The van der Waals surface area contributed by atoms with Gasteiger partial charge in [0.2, 0.25) is 0 Å². The Labute approximate surface area is 108 Å². The van der Waals surface area contributed by atoms with Crippen LogP contribution in [0.1, 0.15) is 30.0 Å². The summed E-state index contributed by atoms with van der Waals surface area (Å²) >= 11 is 0. The summed E-state index contributed by atoms with van der Waals surface area (Å²) in [6, 6.07) is 0. The van der Waals surface area contributed by atoms with Gasteiger partial charge in [-0.15, -0.1) is 0 Å². The van der Waals surface area contributed by atoms with Gasteiger partial charge in [0.25, 0.3) is 5.91 Å². The lowest BCUT2D eigenvalue weighted by molar-refractivity contribution is 0.0925. The van der Waals surface area contributed by atoms with Gasteiger partial charge >= 0.3 is 0 Å². The Balaban J connectivity index is 2.59. The van der Waals surface area contributed by atoms with Crippen LogP contribution in [-0.4, -0.2) is 48.2 Å². The lowest BCUT2D eigenvalue weighted by atomic mass is 9.93. The van der Waals surface area contributed by atoms with Gasteiger partial charge in [0.15, 0.2) is 5.69 Å². The number of nitrogens with two attached hydrogens (primary N) is 1. The standard InChI is InChI=1S/C12H23N5O/c1-8-9(13)10(16-15-8)11(18)14-6-12(2,3)7-17(4)5/h6-7,13H2,1-5H3,(H,14,18)(H,15,16). The second-order valence-electron chi connectivity index (χ2n) is 5.70. The van der Waals surface area contributed by atoms with E-state index in [0.717, 1.165) is 6.54 Å². The molecular weight excluding hydrogens is 230 g/mol. The molecule has 0 aromatic carbocycles. The van der Waals surface area contributed by atoms with Crippen molar-refractivity contribution in [2.75, 3.05) is 32.9 Å². The molecule has 0 bridgehead atoms.